The van der Waals surface area contributed by atoms with Crippen molar-refractivity contribution in [1.29, 1.82) is 0 Å². The third-order valence-electron chi connectivity index (χ3n) is 6.68. The second-order valence-electron chi connectivity index (χ2n) is 10.2. The van der Waals surface area contributed by atoms with Crippen LogP contribution in [0.25, 0.3) is 5.69 Å². The maximum atomic E-state index is 12.9. The summed E-state index contributed by atoms with van der Waals surface area (Å²) in [6, 6.07) is 7.04. The molecule has 0 aliphatic heterocycles. The summed E-state index contributed by atoms with van der Waals surface area (Å²) in [7, 11) is 1.57. The van der Waals surface area contributed by atoms with Gasteiger partial charge >= 0.3 is 5.97 Å². The second-order valence-corrected chi connectivity index (χ2v) is 12.3. The van der Waals surface area contributed by atoms with Crippen LogP contribution in [0.15, 0.2) is 33.8 Å². The Bertz CT molecular complexity index is 1290. The largest absolute Gasteiger partial charge is 0.538 e. The number of hydrogen-bond acceptors (Lipinski definition) is 9. The van der Waals surface area contributed by atoms with E-state index in [0.29, 0.717) is 33.7 Å². The number of carbonyl (C=O) groups excluding carboxylic acids is 2. The number of thioether (sulfide) groups is 1. The maximum Gasteiger partial charge on any atom is 0.341 e. The first-order valence-electron chi connectivity index (χ1n) is 12.6. The number of benzene rings is 1. The smallest absolute Gasteiger partial charge is 0.341 e. The zero-order valence-electron chi connectivity index (χ0n) is 22.3. The predicted octanol–water partition coefficient (Wildman–Crippen LogP) is 4.54. The van der Waals surface area contributed by atoms with Crippen molar-refractivity contribution < 1.29 is 33.4 Å². The number of ether oxygens (including phenoxy) is 2. The number of aromatic nitrogens is 2. The zero-order chi connectivity index (χ0) is 27.4. The first-order valence-corrected chi connectivity index (χ1v) is 14.4. The van der Waals surface area contributed by atoms with Crippen LogP contribution in [-0.4, -0.2) is 36.6 Å². The van der Waals surface area contributed by atoms with Gasteiger partial charge in [-0.3, -0.25) is 4.79 Å². The van der Waals surface area contributed by atoms with Crippen LogP contribution < -0.4 is 19.8 Å². The molecule has 11 heteroatoms. The van der Waals surface area contributed by atoms with Crippen LogP contribution in [0.5, 0.6) is 11.7 Å². The van der Waals surface area contributed by atoms with E-state index in [4.69, 9.17) is 14.0 Å². The van der Waals surface area contributed by atoms with E-state index < -0.39 is 11.9 Å². The summed E-state index contributed by atoms with van der Waals surface area (Å²) in [6.07, 6.45) is 2.80. The van der Waals surface area contributed by atoms with Crippen molar-refractivity contribution in [1.82, 2.24) is 5.27 Å². The van der Waals surface area contributed by atoms with E-state index in [2.05, 4.69) is 31.4 Å². The number of amides is 1. The van der Waals surface area contributed by atoms with Gasteiger partial charge in [0.25, 0.3) is 5.03 Å². The number of thiophene rings is 1. The lowest BCUT2D eigenvalue weighted by molar-refractivity contribution is -0.705. The fourth-order valence-electron chi connectivity index (χ4n) is 4.51. The first-order chi connectivity index (χ1) is 18.1. The summed E-state index contributed by atoms with van der Waals surface area (Å²) >= 11 is 2.66. The highest BCUT2D eigenvalue weighted by Gasteiger charge is 2.34. The molecule has 0 radical (unpaired) electrons. The number of hydrogen-bond donors (Lipinski definition) is 1. The molecule has 1 aliphatic rings. The van der Waals surface area contributed by atoms with Crippen LogP contribution in [0.4, 0.5) is 5.00 Å². The van der Waals surface area contributed by atoms with Crippen LogP contribution in [-0.2, 0) is 22.4 Å². The van der Waals surface area contributed by atoms with Crippen molar-refractivity contribution in [2.45, 2.75) is 58.4 Å². The molecule has 4 rings (SSSR count). The number of fused-ring (bicyclic) bond motifs is 1. The molecular formula is C27H33N3O6S2. The maximum absolute atomic E-state index is 12.9. The Morgan fingerprint density at radius 2 is 2.03 bits per heavy atom. The number of rotatable bonds is 9. The molecule has 0 bridgehead atoms. The average molecular weight is 560 g/mol. The topological polar surface area (TPSA) is 118 Å². The monoisotopic (exact) mass is 559 g/mol. The van der Waals surface area contributed by atoms with Gasteiger partial charge in [-0.25, -0.2) is 4.79 Å². The number of carbonyl (C=O) groups is 2. The van der Waals surface area contributed by atoms with E-state index in [-0.39, 0.29) is 29.4 Å². The van der Waals surface area contributed by atoms with Crippen molar-refractivity contribution >= 4 is 40.0 Å². The Morgan fingerprint density at radius 1 is 1.29 bits per heavy atom. The minimum atomic E-state index is -0.574. The lowest BCUT2D eigenvalue weighted by Gasteiger charge is -2.33. The Kier molecular flexibility index (Phi) is 8.67. The fourth-order valence-corrected chi connectivity index (χ4v) is 6.74. The van der Waals surface area contributed by atoms with Gasteiger partial charge in [-0.15, -0.1) is 11.3 Å². The van der Waals surface area contributed by atoms with Gasteiger partial charge < -0.3 is 24.4 Å². The van der Waals surface area contributed by atoms with Gasteiger partial charge in [-0.1, -0.05) is 32.5 Å². The van der Waals surface area contributed by atoms with Crippen molar-refractivity contribution in [2.24, 2.45) is 11.3 Å². The molecule has 1 amide bonds. The van der Waals surface area contributed by atoms with Crippen molar-refractivity contribution in [3.63, 3.8) is 0 Å². The summed E-state index contributed by atoms with van der Waals surface area (Å²) in [5.41, 5.74) is 2.29. The normalized spacial score (nSPS) is 15.1. The molecule has 3 aromatic rings. The van der Waals surface area contributed by atoms with Crippen molar-refractivity contribution in [3.05, 3.63) is 40.3 Å². The number of methoxy groups -OCH3 is 1. The third kappa shape index (κ3) is 6.15. The molecule has 1 aromatic carbocycles. The molecule has 2 aromatic heterocycles. The molecule has 2 heterocycles. The number of anilines is 1. The Morgan fingerprint density at radius 3 is 2.68 bits per heavy atom. The van der Waals surface area contributed by atoms with Gasteiger partial charge in [0.15, 0.2) is 5.95 Å². The Balaban J connectivity index is 1.45. The third-order valence-corrected chi connectivity index (χ3v) is 8.87. The quantitative estimate of drug-likeness (QED) is 0.231. The molecule has 0 spiro atoms. The average Bonchev–Trinajstić information content (AvgIpc) is 3.43. The van der Waals surface area contributed by atoms with Crippen LogP contribution in [0.2, 0.25) is 0 Å². The van der Waals surface area contributed by atoms with E-state index in [1.165, 1.54) is 27.8 Å². The molecule has 38 heavy (non-hydrogen) atoms. The standard InChI is InChI=1S/C27H33N3O6S2/c1-6-35-25(32)22-19-12-7-16(27(2,3)4)15-20(19)38-23(22)28-21(31)13-14-37-24-26(33)36-29-30(24)17-8-10-18(34-5)11-9-17/h8-11,16H,6-7,12-15H2,1-5H3,(H-,28,29,31,32,33). The SMILES string of the molecule is CCOC(=O)c1c(NC(=O)CCSc2c([O-])on[n+]2-c2ccc(OC)cc2)sc2c1CCC(C(C)(C)C)C2. The zero-order valence-corrected chi connectivity index (χ0v) is 23.9. The summed E-state index contributed by atoms with van der Waals surface area (Å²) in [6.45, 7) is 8.76. The van der Waals surface area contributed by atoms with Gasteiger partial charge in [-0.2, -0.15) is 0 Å². The van der Waals surface area contributed by atoms with E-state index >= 15 is 0 Å². The molecular weight excluding hydrogens is 526 g/mol. The van der Waals surface area contributed by atoms with E-state index in [1.807, 2.05) is 0 Å². The van der Waals surface area contributed by atoms with Crippen LogP contribution >= 0.6 is 23.1 Å². The first kappa shape index (κ1) is 28.0. The summed E-state index contributed by atoms with van der Waals surface area (Å²) < 4.78 is 16.8. The highest BCUT2D eigenvalue weighted by atomic mass is 32.2. The van der Waals surface area contributed by atoms with Crippen LogP contribution in [0.3, 0.4) is 0 Å². The molecule has 1 unspecified atom stereocenters. The number of nitrogens with one attached hydrogen (secondary N) is 1. The second kappa shape index (κ2) is 11.8. The van der Waals surface area contributed by atoms with E-state index in [9.17, 15) is 14.7 Å². The van der Waals surface area contributed by atoms with Crippen LogP contribution in [0, 0.1) is 11.3 Å². The van der Waals surface area contributed by atoms with E-state index in [0.717, 1.165) is 29.7 Å². The number of esters is 1. The molecule has 0 saturated heterocycles. The Hall–Kier alpha value is -3.05. The van der Waals surface area contributed by atoms with Gasteiger partial charge in [0, 0.05) is 29.2 Å². The summed E-state index contributed by atoms with van der Waals surface area (Å²) in [5.74, 6) is 0.293. The Labute approximate surface area is 230 Å². The molecule has 204 valence electrons. The fraction of sp³-hybridized carbons (Fsp3) is 0.481. The molecule has 0 saturated carbocycles. The molecule has 9 nitrogen and oxygen atoms in total. The van der Waals surface area contributed by atoms with E-state index in [1.54, 1.807) is 38.3 Å². The van der Waals surface area contributed by atoms with Gasteiger partial charge in [0.2, 0.25) is 11.6 Å². The summed E-state index contributed by atoms with van der Waals surface area (Å²) in [4.78, 5) is 26.9. The lowest BCUT2D eigenvalue weighted by Crippen LogP contribution is -2.34. The molecule has 1 N–H and O–H groups in total. The van der Waals surface area contributed by atoms with Gasteiger partial charge in [-0.05, 0) is 59.9 Å². The minimum absolute atomic E-state index is 0.132. The van der Waals surface area contributed by atoms with Crippen LogP contribution in [0.1, 0.15) is 61.3 Å². The minimum Gasteiger partial charge on any atom is -0.538 e. The van der Waals surface area contributed by atoms with Crippen molar-refractivity contribution in [2.75, 3.05) is 24.8 Å². The number of nitrogens with zero attached hydrogens (tertiary/aromatic N) is 2. The molecule has 1 aliphatic carbocycles. The highest BCUT2D eigenvalue weighted by Crippen LogP contribution is 2.44. The predicted molar refractivity (Wildman–Crippen MR) is 143 cm³/mol. The van der Waals surface area contributed by atoms with Gasteiger partial charge in [0.1, 0.15) is 10.8 Å². The summed E-state index contributed by atoms with van der Waals surface area (Å²) in [5, 5.41) is 19.8. The highest BCUT2D eigenvalue weighted by molar-refractivity contribution is 7.99. The molecule has 0 fully saturated rings. The molecule has 1 atom stereocenters. The lowest BCUT2D eigenvalue weighted by atomic mass is 9.72. The van der Waals surface area contributed by atoms with Crippen molar-refractivity contribution in [3.8, 4) is 17.4 Å². The van der Waals surface area contributed by atoms with Gasteiger partial charge in [0.05, 0.1) is 24.6 Å².